The third-order valence-electron chi connectivity index (χ3n) is 2.90. The summed E-state index contributed by atoms with van der Waals surface area (Å²) in [5.41, 5.74) is 1.57. The van der Waals surface area contributed by atoms with E-state index in [4.69, 9.17) is 16.3 Å². The SMILES string of the molecule is COc1ccc(CNCc2ccc(Cl)cc2[N+](=O)[O-])cn1. The molecule has 0 atom stereocenters. The molecule has 0 bridgehead atoms. The van der Waals surface area contributed by atoms with Crippen LogP contribution in [0.4, 0.5) is 5.69 Å². The molecule has 0 radical (unpaired) electrons. The standard InChI is InChI=1S/C14H14ClN3O3/c1-21-14-5-2-10(8-17-14)7-16-9-11-3-4-12(15)6-13(11)18(19)20/h2-6,8,16H,7,9H2,1H3. The van der Waals surface area contributed by atoms with E-state index in [2.05, 4.69) is 10.3 Å². The number of nitro groups is 1. The molecule has 2 aromatic rings. The minimum atomic E-state index is -0.433. The molecule has 6 nitrogen and oxygen atoms in total. The van der Waals surface area contributed by atoms with Gasteiger partial charge in [-0.15, -0.1) is 0 Å². The van der Waals surface area contributed by atoms with Gasteiger partial charge >= 0.3 is 0 Å². The zero-order valence-electron chi connectivity index (χ0n) is 11.4. The van der Waals surface area contributed by atoms with Crippen molar-refractivity contribution in [1.29, 1.82) is 0 Å². The second kappa shape index (κ2) is 7.01. The summed E-state index contributed by atoms with van der Waals surface area (Å²) in [7, 11) is 1.56. The summed E-state index contributed by atoms with van der Waals surface area (Å²) in [4.78, 5) is 14.6. The number of ether oxygens (including phenoxy) is 1. The molecule has 1 aromatic heterocycles. The number of halogens is 1. The number of hydrogen-bond acceptors (Lipinski definition) is 5. The molecular formula is C14H14ClN3O3. The van der Waals surface area contributed by atoms with Crippen molar-refractivity contribution in [2.24, 2.45) is 0 Å². The van der Waals surface area contributed by atoms with E-state index in [1.54, 1.807) is 31.5 Å². The highest BCUT2D eigenvalue weighted by molar-refractivity contribution is 6.30. The fourth-order valence-electron chi connectivity index (χ4n) is 1.83. The van der Waals surface area contributed by atoms with Crippen molar-refractivity contribution in [2.75, 3.05) is 7.11 Å². The van der Waals surface area contributed by atoms with Gasteiger partial charge in [-0.25, -0.2) is 4.98 Å². The van der Waals surface area contributed by atoms with Crippen LogP contribution >= 0.6 is 11.6 Å². The van der Waals surface area contributed by atoms with Gasteiger partial charge in [-0.1, -0.05) is 17.7 Å². The van der Waals surface area contributed by atoms with Gasteiger partial charge in [0.25, 0.3) is 5.69 Å². The van der Waals surface area contributed by atoms with Gasteiger partial charge in [0.2, 0.25) is 5.88 Å². The summed E-state index contributed by atoms with van der Waals surface area (Å²) in [5.74, 6) is 0.548. The van der Waals surface area contributed by atoms with Gasteiger partial charge in [0.05, 0.1) is 12.0 Å². The maximum atomic E-state index is 11.0. The van der Waals surface area contributed by atoms with Crippen molar-refractivity contribution in [3.8, 4) is 5.88 Å². The normalized spacial score (nSPS) is 10.4. The van der Waals surface area contributed by atoms with Crippen LogP contribution in [0.15, 0.2) is 36.5 Å². The highest BCUT2D eigenvalue weighted by atomic mass is 35.5. The molecule has 0 fully saturated rings. The minimum absolute atomic E-state index is 0.0165. The predicted molar refractivity (Wildman–Crippen MR) is 79.4 cm³/mol. The smallest absolute Gasteiger partial charge is 0.275 e. The number of aromatic nitrogens is 1. The van der Waals surface area contributed by atoms with Gasteiger partial charge in [0.1, 0.15) is 0 Å². The molecule has 0 spiro atoms. The molecule has 0 saturated carbocycles. The van der Waals surface area contributed by atoms with E-state index in [1.165, 1.54) is 6.07 Å². The van der Waals surface area contributed by atoms with E-state index in [1.807, 2.05) is 6.07 Å². The predicted octanol–water partition coefficient (Wildman–Crippen LogP) is 2.94. The lowest BCUT2D eigenvalue weighted by molar-refractivity contribution is -0.385. The number of nitro benzene ring substituents is 1. The highest BCUT2D eigenvalue weighted by Crippen LogP contribution is 2.23. The molecule has 110 valence electrons. The monoisotopic (exact) mass is 307 g/mol. The molecule has 1 heterocycles. The molecule has 0 unspecified atom stereocenters. The molecule has 1 N–H and O–H groups in total. The van der Waals surface area contributed by atoms with Gasteiger partial charge in [-0.2, -0.15) is 0 Å². The third-order valence-corrected chi connectivity index (χ3v) is 3.13. The number of pyridine rings is 1. The van der Waals surface area contributed by atoms with E-state index in [9.17, 15) is 10.1 Å². The van der Waals surface area contributed by atoms with Crippen LogP contribution < -0.4 is 10.1 Å². The van der Waals surface area contributed by atoms with Crippen molar-refractivity contribution in [3.05, 3.63) is 62.8 Å². The molecule has 0 saturated heterocycles. The van der Waals surface area contributed by atoms with Crippen LogP contribution in [0, 0.1) is 10.1 Å². The average Bonchev–Trinajstić information content (AvgIpc) is 2.49. The summed E-state index contributed by atoms with van der Waals surface area (Å²) in [6, 6.07) is 8.30. The Hall–Kier alpha value is -2.18. The number of nitrogens with zero attached hydrogens (tertiary/aromatic N) is 2. The molecule has 7 heteroatoms. The van der Waals surface area contributed by atoms with Gasteiger partial charge in [0, 0.05) is 42.0 Å². The first kappa shape index (κ1) is 15.2. The molecule has 21 heavy (non-hydrogen) atoms. The number of nitrogens with one attached hydrogen (secondary N) is 1. The first-order chi connectivity index (χ1) is 10.1. The number of hydrogen-bond donors (Lipinski definition) is 1. The molecule has 0 aliphatic heterocycles. The van der Waals surface area contributed by atoms with Crippen LogP contribution in [0.2, 0.25) is 5.02 Å². The Kier molecular flexibility index (Phi) is 5.08. The zero-order valence-corrected chi connectivity index (χ0v) is 12.1. The molecule has 0 amide bonds. The van der Waals surface area contributed by atoms with Gasteiger partial charge in [0.15, 0.2) is 0 Å². The van der Waals surface area contributed by atoms with Gasteiger partial charge in [-0.3, -0.25) is 10.1 Å². The fourth-order valence-corrected chi connectivity index (χ4v) is 2.00. The van der Waals surface area contributed by atoms with E-state index in [0.29, 0.717) is 29.6 Å². The Bertz CT molecular complexity index is 632. The summed E-state index contributed by atoms with van der Waals surface area (Å²) in [5, 5.41) is 14.5. The Labute approximate surface area is 126 Å². The molecular weight excluding hydrogens is 294 g/mol. The van der Waals surface area contributed by atoms with Crippen LogP contribution in [0.1, 0.15) is 11.1 Å². The zero-order chi connectivity index (χ0) is 15.2. The molecule has 2 rings (SSSR count). The van der Waals surface area contributed by atoms with Crippen molar-refractivity contribution in [1.82, 2.24) is 10.3 Å². The van der Waals surface area contributed by atoms with E-state index < -0.39 is 4.92 Å². The minimum Gasteiger partial charge on any atom is -0.481 e. The third kappa shape index (κ3) is 4.14. The van der Waals surface area contributed by atoms with Crippen molar-refractivity contribution >= 4 is 17.3 Å². The fraction of sp³-hybridized carbons (Fsp3) is 0.214. The Morgan fingerprint density at radius 2 is 2.14 bits per heavy atom. The van der Waals surface area contributed by atoms with E-state index in [0.717, 1.165) is 5.56 Å². The van der Waals surface area contributed by atoms with Gasteiger partial charge in [-0.05, 0) is 17.7 Å². The lowest BCUT2D eigenvalue weighted by Crippen LogP contribution is -2.14. The topological polar surface area (TPSA) is 77.3 Å². The largest absolute Gasteiger partial charge is 0.481 e. The number of benzene rings is 1. The first-order valence-electron chi connectivity index (χ1n) is 6.22. The quantitative estimate of drug-likeness (QED) is 0.656. The van der Waals surface area contributed by atoms with Crippen molar-refractivity contribution < 1.29 is 9.66 Å². The van der Waals surface area contributed by atoms with Crippen molar-refractivity contribution in [2.45, 2.75) is 13.1 Å². The van der Waals surface area contributed by atoms with Gasteiger partial charge < -0.3 is 10.1 Å². The first-order valence-corrected chi connectivity index (χ1v) is 6.60. The average molecular weight is 308 g/mol. The lowest BCUT2D eigenvalue weighted by Gasteiger charge is -2.06. The highest BCUT2D eigenvalue weighted by Gasteiger charge is 2.13. The molecule has 0 aliphatic carbocycles. The molecule has 0 aliphatic rings. The van der Waals surface area contributed by atoms with Crippen LogP contribution in [0.5, 0.6) is 5.88 Å². The summed E-state index contributed by atoms with van der Waals surface area (Å²) in [6.45, 7) is 0.927. The van der Waals surface area contributed by atoms with Crippen LogP contribution in [0.25, 0.3) is 0 Å². The number of rotatable bonds is 6. The van der Waals surface area contributed by atoms with E-state index in [-0.39, 0.29) is 5.69 Å². The maximum Gasteiger partial charge on any atom is 0.275 e. The Morgan fingerprint density at radius 1 is 1.33 bits per heavy atom. The van der Waals surface area contributed by atoms with Crippen LogP contribution in [-0.4, -0.2) is 17.0 Å². The summed E-state index contributed by atoms with van der Waals surface area (Å²) in [6.07, 6.45) is 1.70. The maximum absolute atomic E-state index is 11.0. The Balaban J connectivity index is 1.98. The van der Waals surface area contributed by atoms with Crippen LogP contribution in [0.3, 0.4) is 0 Å². The summed E-state index contributed by atoms with van der Waals surface area (Å²) < 4.78 is 4.98. The van der Waals surface area contributed by atoms with Crippen molar-refractivity contribution in [3.63, 3.8) is 0 Å². The van der Waals surface area contributed by atoms with Crippen LogP contribution in [-0.2, 0) is 13.1 Å². The lowest BCUT2D eigenvalue weighted by atomic mass is 10.1. The second-order valence-corrected chi connectivity index (χ2v) is 4.78. The number of methoxy groups -OCH3 is 1. The Morgan fingerprint density at radius 3 is 2.76 bits per heavy atom. The van der Waals surface area contributed by atoms with E-state index >= 15 is 0 Å². The molecule has 1 aromatic carbocycles. The summed E-state index contributed by atoms with van der Waals surface area (Å²) >= 11 is 5.77. The second-order valence-electron chi connectivity index (χ2n) is 4.34.